The average molecular weight is 205 g/mol. The Morgan fingerprint density at radius 2 is 2.33 bits per heavy atom. The molecule has 0 aliphatic carbocycles. The summed E-state index contributed by atoms with van der Waals surface area (Å²) < 4.78 is 5.57. The van der Waals surface area contributed by atoms with E-state index >= 15 is 0 Å². The summed E-state index contributed by atoms with van der Waals surface area (Å²) in [5.74, 6) is 0. The average Bonchev–Trinajstić information content (AvgIpc) is 2.85. The molecule has 0 saturated carbocycles. The van der Waals surface area contributed by atoms with E-state index < -0.39 is 0 Å². The third kappa shape index (κ3) is 1.30. The first-order valence-electron chi connectivity index (χ1n) is 4.87. The van der Waals surface area contributed by atoms with Crippen LogP contribution in [-0.4, -0.2) is 32.6 Å². The lowest BCUT2D eigenvalue weighted by Gasteiger charge is -2.13. The van der Waals surface area contributed by atoms with Crippen LogP contribution in [0.2, 0.25) is 0 Å². The summed E-state index contributed by atoms with van der Waals surface area (Å²) in [5, 5.41) is 0. The SMILES string of the molecule is N[C@H]1CCOC1c1ncnc2nc[nH]c12. The maximum absolute atomic E-state index is 5.95. The molecule has 2 aromatic rings. The van der Waals surface area contributed by atoms with Crippen LogP contribution in [0.25, 0.3) is 11.2 Å². The molecule has 1 aliphatic rings. The van der Waals surface area contributed by atoms with Crippen LogP contribution in [0.4, 0.5) is 0 Å². The molecular formula is C9H11N5O. The molecule has 6 heteroatoms. The van der Waals surface area contributed by atoms with Crippen molar-refractivity contribution in [2.45, 2.75) is 18.6 Å². The zero-order valence-electron chi connectivity index (χ0n) is 8.05. The van der Waals surface area contributed by atoms with Crippen molar-refractivity contribution in [3.05, 3.63) is 18.3 Å². The number of rotatable bonds is 1. The van der Waals surface area contributed by atoms with Gasteiger partial charge in [-0.05, 0) is 6.42 Å². The van der Waals surface area contributed by atoms with Crippen LogP contribution in [0.1, 0.15) is 18.2 Å². The van der Waals surface area contributed by atoms with Crippen LogP contribution in [0, 0.1) is 0 Å². The Balaban J connectivity index is 2.13. The third-order valence-electron chi connectivity index (χ3n) is 2.66. The summed E-state index contributed by atoms with van der Waals surface area (Å²) in [6.45, 7) is 0.686. The largest absolute Gasteiger partial charge is 0.370 e. The van der Waals surface area contributed by atoms with Gasteiger partial charge in [-0.15, -0.1) is 0 Å². The van der Waals surface area contributed by atoms with Gasteiger partial charge in [0.25, 0.3) is 0 Å². The molecular weight excluding hydrogens is 194 g/mol. The number of fused-ring (bicyclic) bond motifs is 1. The van der Waals surface area contributed by atoms with Crippen LogP contribution in [0.5, 0.6) is 0 Å². The number of H-pyrrole nitrogens is 1. The van der Waals surface area contributed by atoms with Crippen molar-refractivity contribution in [2.24, 2.45) is 5.73 Å². The molecule has 3 heterocycles. The highest BCUT2D eigenvalue weighted by Gasteiger charge is 2.29. The quantitative estimate of drug-likeness (QED) is 0.691. The molecule has 0 bridgehead atoms. The molecule has 3 rings (SSSR count). The number of ether oxygens (including phenoxy) is 1. The van der Waals surface area contributed by atoms with Gasteiger partial charge >= 0.3 is 0 Å². The molecule has 1 saturated heterocycles. The Labute approximate surface area is 85.9 Å². The molecule has 1 aliphatic heterocycles. The second-order valence-corrected chi connectivity index (χ2v) is 3.60. The van der Waals surface area contributed by atoms with Gasteiger partial charge in [0.2, 0.25) is 0 Å². The molecule has 1 unspecified atom stereocenters. The van der Waals surface area contributed by atoms with Crippen LogP contribution in [0.15, 0.2) is 12.7 Å². The maximum atomic E-state index is 5.95. The van der Waals surface area contributed by atoms with Crippen molar-refractivity contribution in [3.8, 4) is 0 Å². The molecule has 3 N–H and O–H groups in total. The molecule has 6 nitrogen and oxygen atoms in total. The Morgan fingerprint density at radius 3 is 3.13 bits per heavy atom. The molecule has 1 fully saturated rings. The molecule has 0 amide bonds. The predicted octanol–water partition coefficient (Wildman–Crippen LogP) is 0.142. The monoisotopic (exact) mass is 205 g/mol. The lowest BCUT2D eigenvalue weighted by atomic mass is 10.1. The predicted molar refractivity (Wildman–Crippen MR) is 53.0 cm³/mol. The van der Waals surface area contributed by atoms with Crippen LogP contribution in [-0.2, 0) is 4.74 Å². The van der Waals surface area contributed by atoms with Gasteiger partial charge in [0.15, 0.2) is 5.65 Å². The van der Waals surface area contributed by atoms with Gasteiger partial charge in [-0.3, -0.25) is 0 Å². The van der Waals surface area contributed by atoms with Crippen molar-refractivity contribution in [2.75, 3.05) is 6.61 Å². The van der Waals surface area contributed by atoms with Crippen molar-refractivity contribution < 1.29 is 4.74 Å². The smallest absolute Gasteiger partial charge is 0.180 e. The first-order chi connectivity index (χ1) is 7.36. The van der Waals surface area contributed by atoms with Crippen molar-refractivity contribution >= 4 is 11.2 Å². The summed E-state index contributed by atoms with van der Waals surface area (Å²) >= 11 is 0. The fraction of sp³-hybridized carbons (Fsp3) is 0.444. The standard InChI is InChI=1S/C9H11N5O/c10-5-1-2-15-8(5)6-7-9(13-3-11-6)14-4-12-7/h3-5,8H,1-2,10H2,(H,11,12,13,14)/t5-,8?/m0/s1. The fourth-order valence-electron chi connectivity index (χ4n) is 1.89. The first kappa shape index (κ1) is 8.75. The van der Waals surface area contributed by atoms with E-state index in [-0.39, 0.29) is 12.1 Å². The minimum Gasteiger partial charge on any atom is -0.370 e. The number of hydrogen-bond donors (Lipinski definition) is 2. The Bertz CT molecular complexity index is 482. The second-order valence-electron chi connectivity index (χ2n) is 3.60. The highest BCUT2D eigenvalue weighted by molar-refractivity contribution is 5.72. The summed E-state index contributed by atoms with van der Waals surface area (Å²) in [4.78, 5) is 15.4. The minimum absolute atomic E-state index is 0.00593. The molecule has 0 spiro atoms. The number of hydrogen-bond acceptors (Lipinski definition) is 5. The van der Waals surface area contributed by atoms with Crippen molar-refractivity contribution in [1.29, 1.82) is 0 Å². The van der Waals surface area contributed by atoms with E-state index in [0.29, 0.717) is 12.3 Å². The maximum Gasteiger partial charge on any atom is 0.180 e. The zero-order chi connectivity index (χ0) is 10.3. The zero-order valence-corrected chi connectivity index (χ0v) is 8.05. The van der Waals surface area contributed by atoms with Gasteiger partial charge in [-0.1, -0.05) is 0 Å². The number of nitrogens with one attached hydrogen (secondary N) is 1. The first-order valence-corrected chi connectivity index (χ1v) is 4.87. The van der Waals surface area contributed by atoms with E-state index in [1.165, 1.54) is 6.33 Å². The molecule has 2 atom stereocenters. The van der Waals surface area contributed by atoms with E-state index in [4.69, 9.17) is 10.5 Å². The number of aromatic amines is 1. The van der Waals surface area contributed by atoms with Gasteiger partial charge in [-0.25, -0.2) is 15.0 Å². The van der Waals surface area contributed by atoms with Crippen LogP contribution in [0.3, 0.4) is 0 Å². The lowest BCUT2D eigenvalue weighted by Crippen LogP contribution is -2.24. The van der Waals surface area contributed by atoms with E-state index in [1.807, 2.05) is 0 Å². The summed E-state index contributed by atoms with van der Waals surface area (Å²) in [6, 6.07) is 0.00593. The number of nitrogens with two attached hydrogens (primary N) is 1. The molecule has 0 radical (unpaired) electrons. The van der Waals surface area contributed by atoms with E-state index in [9.17, 15) is 0 Å². The normalized spacial score (nSPS) is 26.2. The van der Waals surface area contributed by atoms with Gasteiger partial charge in [-0.2, -0.15) is 0 Å². The van der Waals surface area contributed by atoms with Crippen LogP contribution < -0.4 is 5.73 Å². The molecule has 0 aromatic carbocycles. The second kappa shape index (κ2) is 3.25. The number of nitrogens with zero attached hydrogens (tertiary/aromatic N) is 3. The van der Waals surface area contributed by atoms with E-state index in [0.717, 1.165) is 17.6 Å². The lowest BCUT2D eigenvalue weighted by molar-refractivity contribution is 0.103. The van der Waals surface area contributed by atoms with Crippen LogP contribution >= 0.6 is 0 Å². The third-order valence-corrected chi connectivity index (χ3v) is 2.66. The van der Waals surface area contributed by atoms with Crippen molar-refractivity contribution in [3.63, 3.8) is 0 Å². The number of imidazole rings is 1. The fourth-order valence-corrected chi connectivity index (χ4v) is 1.89. The van der Waals surface area contributed by atoms with E-state index in [1.54, 1.807) is 6.33 Å². The summed E-state index contributed by atoms with van der Waals surface area (Å²) in [7, 11) is 0. The van der Waals surface area contributed by atoms with E-state index in [2.05, 4.69) is 19.9 Å². The molecule has 2 aromatic heterocycles. The highest BCUT2D eigenvalue weighted by atomic mass is 16.5. The van der Waals surface area contributed by atoms with Crippen molar-refractivity contribution in [1.82, 2.24) is 19.9 Å². The van der Waals surface area contributed by atoms with Gasteiger partial charge in [0, 0.05) is 12.6 Å². The minimum atomic E-state index is -0.143. The molecule has 15 heavy (non-hydrogen) atoms. The molecule has 78 valence electrons. The summed E-state index contributed by atoms with van der Waals surface area (Å²) in [6.07, 6.45) is 3.82. The number of aromatic nitrogens is 4. The summed E-state index contributed by atoms with van der Waals surface area (Å²) in [5.41, 5.74) is 8.23. The highest BCUT2D eigenvalue weighted by Crippen LogP contribution is 2.29. The topological polar surface area (TPSA) is 89.7 Å². The Morgan fingerprint density at radius 1 is 1.40 bits per heavy atom. The van der Waals surface area contributed by atoms with Gasteiger partial charge in [0.05, 0.1) is 12.0 Å². The van der Waals surface area contributed by atoms with Gasteiger partial charge in [0.1, 0.15) is 17.9 Å². The van der Waals surface area contributed by atoms with Gasteiger partial charge < -0.3 is 15.5 Å². The Hall–Kier alpha value is -1.53. The Kier molecular flexibility index (Phi) is 1.90.